The van der Waals surface area contributed by atoms with Gasteiger partial charge in [0.1, 0.15) is 11.0 Å². The molecule has 0 saturated heterocycles. The van der Waals surface area contributed by atoms with Gasteiger partial charge in [-0.05, 0) is 24.0 Å². The van der Waals surface area contributed by atoms with Gasteiger partial charge >= 0.3 is 0 Å². The van der Waals surface area contributed by atoms with Gasteiger partial charge in [-0.25, -0.2) is 4.98 Å². The fourth-order valence-corrected chi connectivity index (χ4v) is 1.68. The van der Waals surface area contributed by atoms with Crippen molar-refractivity contribution in [2.24, 2.45) is 5.41 Å². The molecule has 2 N–H and O–H groups in total. The molecule has 0 spiro atoms. The van der Waals surface area contributed by atoms with Crippen LogP contribution in [0.1, 0.15) is 27.2 Å². The zero-order valence-corrected chi connectivity index (χ0v) is 10.8. The van der Waals surface area contributed by atoms with Gasteiger partial charge in [0.2, 0.25) is 0 Å². The molecule has 4 heteroatoms. The molecule has 3 nitrogen and oxygen atoms in total. The summed E-state index contributed by atoms with van der Waals surface area (Å²) in [5, 5.41) is 12.8. The molecule has 0 fully saturated rings. The van der Waals surface area contributed by atoms with Gasteiger partial charge in [0, 0.05) is 12.6 Å². The Hall–Kier alpha value is -0.800. The van der Waals surface area contributed by atoms with Gasteiger partial charge in [-0.15, -0.1) is 0 Å². The smallest absolute Gasteiger partial charge is 0.131 e. The van der Waals surface area contributed by atoms with Crippen molar-refractivity contribution >= 4 is 17.4 Å². The van der Waals surface area contributed by atoms with E-state index in [1.165, 1.54) is 0 Å². The number of anilines is 1. The van der Waals surface area contributed by atoms with Crippen molar-refractivity contribution in [1.82, 2.24) is 4.98 Å². The number of rotatable bonds is 4. The van der Waals surface area contributed by atoms with Crippen molar-refractivity contribution in [3.63, 3.8) is 0 Å². The second-order valence-electron chi connectivity index (χ2n) is 4.92. The maximum atomic E-state index is 9.05. The number of hydrogen-bond acceptors (Lipinski definition) is 3. The molecular weight excluding hydrogens is 224 g/mol. The van der Waals surface area contributed by atoms with E-state index in [-0.39, 0.29) is 18.1 Å². The van der Waals surface area contributed by atoms with Gasteiger partial charge in [-0.3, -0.25) is 0 Å². The molecular formula is C12H19ClN2O. The number of aromatic nitrogens is 1. The summed E-state index contributed by atoms with van der Waals surface area (Å²) in [4.78, 5) is 4.18. The van der Waals surface area contributed by atoms with Crippen LogP contribution in [0.25, 0.3) is 0 Å². The lowest BCUT2D eigenvalue weighted by Crippen LogP contribution is -2.35. The first-order chi connectivity index (χ1) is 7.43. The Morgan fingerprint density at radius 2 is 2.12 bits per heavy atom. The molecule has 0 bridgehead atoms. The lowest BCUT2D eigenvalue weighted by Gasteiger charge is -2.31. The summed E-state index contributed by atoms with van der Waals surface area (Å²) in [7, 11) is 0. The average molecular weight is 243 g/mol. The highest BCUT2D eigenvalue weighted by Crippen LogP contribution is 2.25. The third-order valence-electron chi connectivity index (χ3n) is 2.50. The van der Waals surface area contributed by atoms with Gasteiger partial charge in [0.05, 0.1) is 0 Å². The lowest BCUT2D eigenvalue weighted by atomic mass is 9.85. The van der Waals surface area contributed by atoms with Crippen LogP contribution in [0.2, 0.25) is 5.15 Å². The Morgan fingerprint density at radius 1 is 1.44 bits per heavy atom. The van der Waals surface area contributed by atoms with Crippen LogP contribution < -0.4 is 5.32 Å². The van der Waals surface area contributed by atoms with E-state index in [0.717, 1.165) is 5.82 Å². The summed E-state index contributed by atoms with van der Waals surface area (Å²) in [6.07, 6.45) is 0.692. The molecule has 1 atom stereocenters. The van der Waals surface area contributed by atoms with E-state index in [9.17, 15) is 0 Å². The molecule has 1 rings (SSSR count). The first-order valence-corrected chi connectivity index (χ1v) is 5.81. The van der Waals surface area contributed by atoms with Crippen molar-refractivity contribution in [3.05, 3.63) is 23.4 Å². The van der Waals surface area contributed by atoms with Crippen molar-refractivity contribution in [2.45, 2.75) is 33.2 Å². The zero-order chi connectivity index (χ0) is 12.2. The number of nitrogens with zero attached hydrogens (tertiary/aromatic N) is 1. The highest BCUT2D eigenvalue weighted by atomic mass is 35.5. The Bertz CT molecular complexity index is 336. The molecule has 0 aliphatic heterocycles. The molecule has 90 valence electrons. The summed E-state index contributed by atoms with van der Waals surface area (Å²) in [5.41, 5.74) is 0.0622. The third kappa shape index (κ3) is 3.99. The topological polar surface area (TPSA) is 45.1 Å². The first kappa shape index (κ1) is 13.3. The van der Waals surface area contributed by atoms with Gasteiger partial charge in [-0.1, -0.05) is 38.4 Å². The largest absolute Gasteiger partial charge is 0.396 e. The number of hydrogen-bond donors (Lipinski definition) is 2. The van der Waals surface area contributed by atoms with Crippen molar-refractivity contribution in [1.29, 1.82) is 0 Å². The first-order valence-electron chi connectivity index (χ1n) is 5.43. The highest BCUT2D eigenvalue weighted by molar-refractivity contribution is 6.29. The minimum absolute atomic E-state index is 0.0622. The van der Waals surface area contributed by atoms with Gasteiger partial charge in [-0.2, -0.15) is 0 Å². The summed E-state index contributed by atoms with van der Waals surface area (Å²) >= 11 is 5.82. The van der Waals surface area contributed by atoms with Crippen LogP contribution in [0.4, 0.5) is 5.82 Å². The molecule has 0 radical (unpaired) electrons. The molecule has 16 heavy (non-hydrogen) atoms. The Labute approximate surface area is 102 Å². The predicted molar refractivity (Wildman–Crippen MR) is 67.8 cm³/mol. The van der Waals surface area contributed by atoms with E-state index in [2.05, 4.69) is 31.1 Å². The van der Waals surface area contributed by atoms with Crippen LogP contribution >= 0.6 is 11.6 Å². The zero-order valence-electron chi connectivity index (χ0n) is 10.00. The van der Waals surface area contributed by atoms with Crippen molar-refractivity contribution < 1.29 is 5.11 Å². The van der Waals surface area contributed by atoms with E-state index in [1.807, 2.05) is 12.1 Å². The Kier molecular flexibility index (Phi) is 4.56. The van der Waals surface area contributed by atoms with Crippen molar-refractivity contribution in [3.8, 4) is 0 Å². The van der Waals surface area contributed by atoms with Crippen LogP contribution in [0, 0.1) is 5.41 Å². The molecule has 0 aromatic carbocycles. The van der Waals surface area contributed by atoms with Crippen LogP contribution in [0.5, 0.6) is 0 Å². The number of aliphatic hydroxyl groups is 1. The monoisotopic (exact) mass is 242 g/mol. The molecule has 1 aromatic heterocycles. The van der Waals surface area contributed by atoms with Crippen LogP contribution in [0.3, 0.4) is 0 Å². The summed E-state index contributed by atoms with van der Waals surface area (Å²) in [6.45, 7) is 6.55. The predicted octanol–water partition coefficient (Wildman–Crippen LogP) is 2.94. The van der Waals surface area contributed by atoms with E-state index in [4.69, 9.17) is 16.7 Å². The van der Waals surface area contributed by atoms with Crippen LogP contribution in [-0.4, -0.2) is 22.7 Å². The van der Waals surface area contributed by atoms with Crippen molar-refractivity contribution in [2.75, 3.05) is 11.9 Å². The highest BCUT2D eigenvalue weighted by Gasteiger charge is 2.24. The second kappa shape index (κ2) is 5.51. The maximum absolute atomic E-state index is 9.05. The summed E-state index contributed by atoms with van der Waals surface area (Å²) in [6, 6.07) is 5.65. The summed E-state index contributed by atoms with van der Waals surface area (Å²) < 4.78 is 0. The minimum atomic E-state index is 0.0622. The standard InChI is InChI=1S/C12H19ClN2O/c1-12(2,3)9(7-8-16)14-11-6-4-5-10(13)15-11/h4-6,9,16H,7-8H2,1-3H3,(H,14,15). The fraction of sp³-hybridized carbons (Fsp3) is 0.583. The van der Waals surface area contributed by atoms with E-state index in [0.29, 0.717) is 11.6 Å². The second-order valence-corrected chi connectivity index (χ2v) is 5.31. The van der Waals surface area contributed by atoms with Crippen LogP contribution in [0.15, 0.2) is 18.2 Å². The quantitative estimate of drug-likeness (QED) is 0.798. The molecule has 1 heterocycles. The minimum Gasteiger partial charge on any atom is -0.396 e. The lowest BCUT2D eigenvalue weighted by molar-refractivity contribution is 0.235. The van der Waals surface area contributed by atoms with E-state index >= 15 is 0 Å². The molecule has 0 aliphatic rings. The van der Waals surface area contributed by atoms with Gasteiger partial charge < -0.3 is 10.4 Å². The summed E-state index contributed by atoms with van der Waals surface area (Å²) in [5.74, 6) is 0.751. The average Bonchev–Trinajstić information content (AvgIpc) is 2.16. The molecule has 1 aromatic rings. The Morgan fingerprint density at radius 3 is 2.62 bits per heavy atom. The van der Waals surface area contributed by atoms with E-state index in [1.54, 1.807) is 6.07 Å². The molecule has 0 amide bonds. The number of nitrogens with one attached hydrogen (secondary N) is 1. The SMILES string of the molecule is CC(C)(C)C(CCO)Nc1cccc(Cl)n1. The normalized spacial score (nSPS) is 13.6. The fourth-order valence-electron chi connectivity index (χ4n) is 1.52. The van der Waals surface area contributed by atoms with Crippen LogP contribution in [-0.2, 0) is 0 Å². The molecule has 1 unspecified atom stereocenters. The van der Waals surface area contributed by atoms with E-state index < -0.39 is 0 Å². The maximum Gasteiger partial charge on any atom is 0.131 e. The number of pyridine rings is 1. The molecule has 0 saturated carbocycles. The third-order valence-corrected chi connectivity index (χ3v) is 2.71. The van der Waals surface area contributed by atoms with Gasteiger partial charge in [0.25, 0.3) is 0 Å². The number of halogens is 1. The number of aliphatic hydroxyl groups excluding tert-OH is 1. The van der Waals surface area contributed by atoms with Gasteiger partial charge in [0.15, 0.2) is 0 Å². The Balaban J connectivity index is 2.76. The molecule has 0 aliphatic carbocycles.